The van der Waals surface area contributed by atoms with Crippen molar-refractivity contribution in [2.75, 3.05) is 13.7 Å². The van der Waals surface area contributed by atoms with Gasteiger partial charge in [0, 0.05) is 6.42 Å². The molecule has 1 unspecified atom stereocenters. The molecule has 150 valence electrons. The Bertz CT molecular complexity index is 667. The number of benzene rings is 1. The summed E-state index contributed by atoms with van der Waals surface area (Å²) in [7, 11) is 1.59. The first-order valence-electron chi connectivity index (χ1n) is 9.61. The fraction of sp³-hybridized carbons (Fsp3) is 0.619. The van der Waals surface area contributed by atoms with Crippen LogP contribution in [0.1, 0.15) is 64.5 Å². The number of carbonyl (C=O) groups excluding carboxylic acids is 1. The lowest BCUT2D eigenvalue weighted by atomic mass is 9.66. The third-order valence-corrected chi connectivity index (χ3v) is 5.28. The maximum atomic E-state index is 12.3. The second kappa shape index (κ2) is 9.11. The van der Waals surface area contributed by atoms with Crippen molar-refractivity contribution in [3.05, 3.63) is 23.8 Å². The van der Waals surface area contributed by atoms with Gasteiger partial charge in [0.25, 0.3) is 0 Å². The molecule has 27 heavy (non-hydrogen) atoms. The Balaban J connectivity index is 1.98. The summed E-state index contributed by atoms with van der Waals surface area (Å²) in [6.45, 7) is 6.79. The van der Waals surface area contributed by atoms with Crippen LogP contribution >= 0.6 is 0 Å². The van der Waals surface area contributed by atoms with Gasteiger partial charge < -0.3 is 19.9 Å². The fourth-order valence-electron chi connectivity index (χ4n) is 3.23. The highest BCUT2D eigenvalue weighted by molar-refractivity contribution is 5.85. The number of aliphatic carboxylic acids is 1. The lowest BCUT2D eigenvalue weighted by Gasteiger charge is -2.37. The van der Waals surface area contributed by atoms with Crippen molar-refractivity contribution in [3.8, 4) is 11.5 Å². The smallest absolute Gasteiger partial charge is 0.310 e. The molecule has 0 spiro atoms. The number of hydrogen-bond acceptors (Lipinski definition) is 4. The van der Waals surface area contributed by atoms with E-state index >= 15 is 0 Å². The number of carbonyl (C=O) groups is 2. The Hall–Kier alpha value is -2.24. The van der Waals surface area contributed by atoms with Gasteiger partial charge in [0.15, 0.2) is 11.5 Å². The number of hydrogen-bond donors (Lipinski definition) is 2. The Morgan fingerprint density at radius 2 is 1.93 bits per heavy atom. The van der Waals surface area contributed by atoms with Crippen LogP contribution in [-0.4, -0.2) is 30.7 Å². The van der Waals surface area contributed by atoms with E-state index in [0.717, 1.165) is 18.4 Å². The lowest BCUT2D eigenvalue weighted by molar-refractivity contribution is -0.157. The van der Waals surface area contributed by atoms with E-state index in [1.54, 1.807) is 7.11 Å². The molecule has 0 heterocycles. The summed E-state index contributed by atoms with van der Waals surface area (Å²) in [5.41, 5.74) is 0.00434. The highest BCUT2D eigenvalue weighted by Crippen LogP contribution is 2.44. The fourth-order valence-corrected chi connectivity index (χ4v) is 3.23. The van der Waals surface area contributed by atoms with Crippen LogP contribution in [0, 0.1) is 11.3 Å². The maximum Gasteiger partial charge on any atom is 0.310 e. The number of nitrogens with one attached hydrogen (secondary N) is 1. The predicted molar refractivity (Wildman–Crippen MR) is 103 cm³/mol. The first-order chi connectivity index (χ1) is 12.8. The lowest BCUT2D eigenvalue weighted by Crippen LogP contribution is -2.43. The first kappa shape index (κ1) is 21.1. The highest BCUT2D eigenvalue weighted by atomic mass is 16.5. The standard InChI is InChI=1S/C21H31NO5/c1-14(2)8-11-27-17-7-6-16(12-18(17)26-4)15(3)22-19(23)13-21(20(24)25)9-5-10-21/h6-7,12,14-15H,5,8-11,13H2,1-4H3,(H,22,23)(H,24,25). The van der Waals surface area contributed by atoms with Crippen LogP contribution in [0.3, 0.4) is 0 Å². The normalized spacial score (nSPS) is 16.3. The number of amides is 1. The zero-order chi connectivity index (χ0) is 20.0. The quantitative estimate of drug-likeness (QED) is 0.645. The van der Waals surface area contributed by atoms with Crippen molar-refractivity contribution in [2.45, 2.75) is 58.9 Å². The van der Waals surface area contributed by atoms with Gasteiger partial charge in [0.1, 0.15) is 0 Å². The molecule has 6 nitrogen and oxygen atoms in total. The molecule has 0 aromatic heterocycles. The second-order valence-electron chi connectivity index (χ2n) is 7.85. The number of rotatable bonds is 10. The zero-order valence-electron chi connectivity index (χ0n) is 16.7. The average molecular weight is 377 g/mol. The number of methoxy groups -OCH3 is 1. The summed E-state index contributed by atoms with van der Waals surface area (Å²) in [6, 6.07) is 5.35. The molecule has 1 aliphatic carbocycles. The van der Waals surface area contributed by atoms with Crippen molar-refractivity contribution >= 4 is 11.9 Å². The third-order valence-electron chi connectivity index (χ3n) is 5.28. The molecule has 6 heteroatoms. The summed E-state index contributed by atoms with van der Waals surface area (Å²) < 4.78 is 11.2. The molecular weight excluding hydrogens is 346 g/mol. The van der Waals surface area contributed by atoms with E-state index in [9.17, 15) is 14.7 Å². The van der Waals surface area contributed by atoms with E-state index in [0.29, 0.717) is 36.9 Å². The Morgan fingerprint density at radius 1 is 1.22 bits per heavy atom. The average Bonchev–Trinajstić information content (AvgIpc) is 2.57. The van der Waals surface area contributed by atoms with E-state index in [2.05, 4.69) is 19.2 Å². The van der Waals surface area contributed by atoms with Crippen LogP contribution in [0.15, 0.2) is 18.2 Å². The molecule has 1 aromatic carbocycles. The Labute approximate surface area is 161 Å². The van der Waals surface area contributed by atoms with Crippen LogP contribution in [-0.2, 0) is 9.59 Å². The summed E-state index contributed by atoms with van der Waals surface area (Å²) in [6.07, 6.45) is 2.99. The van der Waals surface area contributed by atoms with Crippen molar-refractivity contribution in [3.63, 3.8) is 0 Å². The molecule has 0 aliphatic heterocycles. The molecule has 0 saturated heterocycles. The largest absolute Gasteiger partial charge is 0.493 e. The van der Waals surface area contributed by atoms with Gasteiger partial charge in [-0.25, -0.2) is 0 Å². The van der Waals surface area contributed by atoms with Gasteiger partial charge in [-0.2, -0.15) is 0 Å². The molecule has 2 N–H and O–H groups in total. The number of carboxylic acid groups (broad SMARTS) is 1. The number of ether oxygens (including phenoxy) is 2. The molecule has 1 fully saturated rings. The summed E-state index contributed by atoms with van der Waals surface area (Å²) in [5.74, 6) is 0.760. The molecule has 1 atom stereocenters. The third kappa shape index (κ3) is 5.37. The van der Waals surface area contributed by atoms with E-state index in [1.807, 2.05) is 25.1 Å². The van der Waals surface area contributed by atoms with Crippen LogP contribution in [0.4, 0.5) is 0 Å². The van der Waals surface area contributed by atoms with Crippen LogP contribution in [0.25, 0.3) is 0 Å². The zero-order valence-corrected chi connectivity index (χ0v) is 16.7. The predicted octanol–water partition coefficient (Wildman–Crippen LogP) is 3.94. The highest BCUT2D eigenvalue weighted by Gasteiger charge is 2.46. The van der Waals surface area contributed by atoms with Crippen molar-refractivity contribution in [2.24, 2.45) is 11.3 Å². The molecule has 0 bridgehead atoms. The van der Waals surface area contributed by atoms with Gasteiger partial charge in [-0.05, 0) is 49.8 Å². The van der Waals surface area contributed by atoms with Gasteiger partial charge >= 0.3 is 5.97 Å². The van der Waals surface area contributed by atoms with E-state index in [-0.39, 0.29) is 18.4 Å². The Kier molecular flexibility index (Phi) is 7.11. The molecule has 0 radical (unpaired) electrons. The van der Waals surface area contributed by atoms with Gasteiger partial charge in [-0.1, -0.05) is 26.3 Å². The van der Waals surface area contributed by atoms with E-state index < -0.39 is 11.4 Å². The molecule has 1 aromatic rings. The summed E-state index contributed by atoms with van der Waals surface area (Å²) >= 11 is 0. The van der Waals surface area contributed by atoms with E-state index in [1.165, 1.54) is 0 Å². The second-order valence-corrected chi connectivity index (χ2v) is 7.85. The SMILES string of the molecule is COc1cc(C(C)NC(=O)CC2(C(=O)O)CCC2)ccc1OCCC(C)C. The number of carboxylic acids is 1. The van der Waals surface area contributed by atoms with Crippen molar-refractivity contribution in [1.82, 2.24) is 5.32 Å². The van der Waals surface area contributed by atoms with Crippen LogP contribution in [0.5, 0.6) is 11.5 Å². The van der Waals surface area contributed by atoms with E-state index in [4.69, 9.17) is 9.47 Å². The Morgan fingerprint density at radius 3 is 2.44 bits per heavy atom. The minimum Gasteiger partial charge on any atom is -0.493 e. The molecule has 1 saturated carbocycles. The molecular formula is C21H31NO5. The monoisotopic (exact) mass is 377 g/mol. The summed E-state index contributed by atoms with van der Waals surface area (Å²) in [4.78, 5) is 23.8. The molecule has 1 amide bonds. The minimum atomic E-state index is -0.879. The van der Waals surface area contributed by atoms with Crippen LogP contribution < -0.4 is 14.8 Å². The van der Waals surface area contributed by atoms with Crippen molar-refractivity contribution < 1.29 is 24.2 Å². The van der Waals surface area contributed by atoms with Gasteiger partial charge in [0.2, 0.25) is 5.91 Å². The minimum absolute atomic E-state index is 0.0280. The van der Waals surface area contributed by atoms with Crippen LogP contribution in [0.2, 0.25) is 0 Å². The summed E-state index contributed by atoms with van der Waals surface area (Å²) in [5, 5.41) is 12.3. The van der Waals surface area contributed by atoms with Gasteiger partial charge in [-0.15, -0.1) is 0 Å². The van der Waals surface area contributed by atoms with Gasteiger partial charge in [-0.3, -0.25) is 9.59 Å². The van der Waals surface area contributed by atoms with Gasteiger partial charge in [0.05, 0.1) is 25.2 Å². The van der Waals surface area contributed by atoms with Crippen molar-refractivity contribution in [1.29, 1.82) is 0 Å². The first-order valence-corrected chi connectivity index (χ1v) is 9.61. The maximum absolute atomic E-state index is 12.3. The topological polar surface area (TPSA) is 84.9 Å². The molecule has 1 aliphatic rings. The molecule has 2 rings (SSSR count).